The lowest BCUT2D eigenvalue weighted by molar-refractivity contribution is -0.120. The smallest absolute Gasteiger partial charge is 0.282 e. The molecule has 1 heterocycles. The summed E-state index contributed by atoms with van der Waals surface area (Å²) >= 11 is 12.6. The number of nitrogens with zero attached hydrogens (tertiary/aromatic N) is 1. The fraction of sp³-hybridized carbons (Fsp3) is 0.0833. The van der Waals surface area contributed by atoms with E-state index < -0.39 is 11.8 Å². The predicted molar refractivity (Wildman–Crippen MR) is 125 cm³/mol. The van der Waals surface area contributed by atoms with Crippen LogP contribution in [0.5, 0.6) is 11.5 Å². The summed E-state index contributed by atoms with van der Waals surface area (Å²) in [4.78, 5) is 28.1. The number of rotatable bonds is 6. The molecular formula is C24H18Cl2N2O4. The van der Waals surface area contributed by atoms with E-state index in [-0.39, 0.29) is 16.3 Å². The van der Waals surface area contributed by atoms with Crippen LogP contribution in [0, 0.1) is 0 Å². The highest BCUT2D eigenvalue weighted by Gasteiger charge is 2.42. The van der Waals surface area contributed by atoms with Crippen molar-refractivity contribution >= 4 is 52.0 Å². The molecule has 8 heteroatoms. The van der Waals surface area contributed by atoms with E-state index in [0.29, 0.717) is 33.5 Å². The lowest BCUT2D eigenvalue weighted by atomic mass is 10.0. The van der Waals surface area contributed by atoms with E-state index in [1.54, 1.807) is 66.7 Å². The highest BCUT2D eigenvalue weighted by atomic mass is 35.5. The number of benzene rings is 3. The largest absolute Gasteiger partial charge is 0.496 e. The standard InChI is InChI=1S/C24H18Cl2N2O4/c1-31-19-10-6-3-7-15(19)21-22(27-14-11-12-20(32-2)17(26)13-14)24(30)28(23(21)29)18-9-5-4-8-16(18)25/h3-13,27H,1-2H3. The third-order valence-corrected chi connectivity index (χ3v) is 5.59. The molecule has 1 N–H and O–H groups in total. The highest BCUT2D eigenvalue weighted by molar-refractivity contribution is 6.48. The Kier molecular flexibility index (Phi) is 6.08. The van der Waals surface area contributed by atoms with Gasteiger partial charge in [0.15, 0.2) is 0 Å². The molecular weight excluding hydrogens is 451 g/mol. The molecule has 0 aromatic heterocycles. The van der Waals surface area contributed by atoms with Crippen LogP contribution in [-0.2, 0) is 9.59 Å². The lowest BCUT2D eigenvalue weighted by Crippen LogP contribution is -2.32. The summed E-state index contributed by atoms with van der Waals surface area (Å²) < 4.78 is 10.6. The summed E-state index contributed by atoms with van der Waals surface area (Å²) in [7, 11) is 3.01. The molecule has 6 nitrogen and oxygen atoms in total. The van der Waals surface area contributed by atoms with E-state index in [0.717, 1.165) is 4.90 Å². The monoisotopic (exact) mass is 468 g/mol. The van der Waals surface area contributed by atoms with Gasteiger partial charge in [-0.2, -0.15) is 0 Å². The van der Waals surface area contributed by atoms with Crippen molar-refractivity contribution in [2.75, 3.05) is 24.4 Å². The van der Waals surface area contributed by atoms with E-state index in [4.69, 9.17) is 32.7 Å². The molecule has 3 aromatic rings. The van der Waals surface area contributed by atoms with Gasteiger partial charge in [0, 0.05) is 11.3 Å². The number of hydrogen-bond acceptors (Lipinski definition) is 5. The van der Waals surface area contributed by atoms with E-state index in [2.05, 4.69) is 5.32 Å². The second kappa shape index (κ2) is 8.94. The van der Waals surface area contributed by atoms with Gasteiger partial charge < -0.3 is 14.8 Å². The molecule has 0 saturated carbocycles. The number of ether oxygens (including phenoxy) is 2. The van der Waals surface area contributed by atoms with Gasteiger partial charge in [-0.15, -0.1) is 0 Å². The SMILES string of the molecule is COc1ccc(NC2=C(c3ccccc3OC)C(=O)N(c3ccccc3Cl)C2=O)cc1Cl. The zero-order valence-corrected chi connectivity index (χ0v) is 18.7. The number of nitrogens with one attached hydrogen (secondary N) is 1. The molecule has 4 rings (SSSR count). The zero-order chi connectivity index (χ0) is 22.8. The molecule has 0 fully saturated rings. The van der Waals surface area contributed by atoms with E-state index >= 15 is 0 Å². The summed E-state index contributed by atoms with van der Waals surface area (Å²) in [5.74, 6) is -0.120. The molecule has 162 valence electrons. The number of carbonyl (C=O) groups is 2. The van der Waals surface area contributed by atoms with Crippen molar-refractivity contribution in [3.63, 3.8) is 0 Å². The Morgan fingerprint density at radius 1 is 0.781 bits per heavy atom. The Balaban J connectivity index is 1.87. The van der Waals surface area contributed by atoms with Crippen molar-refractivity contribution in [2.24, 2.45) is 0 Å². The first kappa shape index (κ1) is 21.7. The van der Waals surface area contributed by atoms with Gasteiger partial charge in [0.2, 0.25) is 0 Å². The Morgan fingerprint density at radius 3 is 2.16 bits per heavy atom. The fourth-order valence-electron chi connectivity index (χ4n) is 3.49. The number of carbonyl (C=O) groups excluding carboxylic acids is 2. The van der Waals surface area contributed by atoms with Crippen LogP contribution in [0.25, 0.3) is 5.57 Å². The molecule has 3 aromatic carbocycles. The summed E-state index contributed by atoms with van der Waals surface area (Å²) in [6.45, 7) is 0. The van der Waals surface area contributed by atoms with E-state index in [1.807, 2.05) is 0 Å². The van der Waals surface area contributed by atoms with Gasteiger partial charge in [0.1, 0.15) is 17.2 Å². The number of methoxy groups -OCH3 is 2. The molecule has 0 atom stereocenters. The van der Waals surface area contributed by atoms with Crippen molar-refractivity contribution in [3.05, 3.63) is 88.0 Å². The molecule has 2 amide bonds. The Bertz CT molecular complexity index is 1260. The van der Waals surface area contributed by atoms with Crippen LogP contribution in [0.4, 0.5) is 11.4 Å². The number of imide groups is 1. The number of para-hydroxylation sites is 2. The van der Waals surface area contributed by atoms with Gasteiger partial charge in [-0.25, -0.2) is 4.90 Å². The van der Waals surface area contributed by atoms with Gasteiger partial charge in [0.25, 0.3) is 11.8 Å². The topological polar surface area (TPSA) is 67.9 Å². The molecule has 1 aliphatic rings. The Hall–Kier alpha value is -3.48. The minimum Gasteiger partial charge on any atom is -0.496 e. The van der Waals surface area contributed by atoms with Crippen molar-refractivity contribution in [1.82, 2.24) is 0 Å². The molecule has 0 aliphatic carbocycles. The van der Waals surface area contributed by atoms with Crippen LogP contribution in [-0.4, -0.2) is 26.0 Å². The first-order chi connectivity index (χ1) is 15.5. The number of halogens is 2. The lowest BCUT2D eigenvalue weighted by Gasteiger charge is -2.17. The highest BCUT2D eigenvalue weighted by Crippen LogP contribution is 2.39. The van der Waals surface area contributed by atoms with Crippen molar-refractivity contribution in [1.29, 1.82) is 0 Å². The minimum atomic E-state index is -0.545. The summed E-state index contributed by atoms with van der Waals surface area (Å²) in [6.07, 6.45) is 0. The normalized spacial score (nSPS) is 13.6. The molecule has 0 radical (unpaired) electrons. The maximum atomic E-state index is 13.6. The zero-order valence-electron chi connectivity index (χ0n) is 17.2. The van der Waals surface area contributed by atoms with Gasteiger partial charge in [-0.1, -0.05) is 53.5 Å². The van der Waals surface area contributed by atoms with Gasteiger partial charge in [0.05, 0.1) is 35.5 Å². The van der Waals surface area contributed by atoms with E-state index in [1.165, 1.54) is 14.2 Å². The van der Waals surface area contributed by atoms with E-state index in [9.17, 15) is 9.59 Å². The van der Waals surface area contributed by atoms with Crippen LogP contribution in [0.2, 0.25) is 10.0 Å². The minimum absolute atomic E-state index is 0.0839. The average Bonchev–Trinajstić information content (AvgIpc) is 3.03. The predicted octanol–water partition coefficient (Wildman–Crippen LogP) is 5.41. The van der Waals surface area contributed by atoms with Crippen molar-refractivity contribution in [2.45, 2.75) is 0 Å². The summed E-state index contributed by atoms with van der Waals surface area (Å²) in [6, 6.07) is 18.6. The third-order valence-electron chi connectivity index (χ3n) is 4.97. The van der Waals surface area contributed by atoms with Gasteiger partial charge in [-0.05, 0) is 36.4 Å². The Labute approximate surface area is 195 Å². The summed E-state index contributed by atoms with van der Waals surface area (Å²) in [5, 5.41) is 3.70. The van der Waals surface area contributed by atoms with Gasteiger partial charge in [-0.3, -0.25) is 9.59 Å². The number of amides is 2. The second-order valence-electron chi connectivity index (χ2n) is 6.82. The van der Waals surface area contributed by atoms with Crippen molar-refractivity contribution < 1.29 is 19.1 Å². The van der Waals surface area contributed by atoms with Gasteiger partial charge >= 0.3 is 0 Å². The maximum absolute atomic E-state index is 13.6. The molecule has 0 bridgehead atoms. The molecule has 0 spiro atoms. The summed E-state index contributed by atoms with van der Waals surface area (Å²) in [5.41, 5.74) is 1.53. The van der Waals surface area contributed by atoms with Crippen LogP contribution >= 0.6 is 23.2 Å². The van der Waals surface area contributed by atoms with Crippen LogP contribution in [0.15, 0.2) is 72.4 Å². The molecule has 1 aliphatic heterocycles. The number of anilines is 2. The van der Waals surface area contributed by atoms with Crippen LogP contribution < -0.4 is 19.7 Å². The Morgan fingerprint density at radius 2 is 1.47 bits per heavy atom. The number of hydrogen-bond donors (Lipinski definition) is 1. The first-order valence-corrected chi connectivity index (χ1v) is 10.3. The van der Waals surface area contributed by atoms with Crippen LogP contribution in [0.3, 0.4) is 0 Å². The molecule has 0 unspecified atom stereocenters. The first-order valence-electron chi connectivity index (χ1n) is 9.57. The third kappa shape index (κ3) is 3.79. The second-order valence-corrected chi connectivity index (χ2v) is 7.64. The van der Waals surface area contributed by atoms with Crippen molar-refractivity contribution in [3.8, 4) is 11.5 Å². The quantitative estimate of drug-likeness (QED) is 0.490. The van der Waals surface area contributed by atoms with Crippen LogP contribution in [0.1, 0.15) is 5.56 Å². The fourth-order valence-corrected chi connectivity index (χ4v) is 3.97. The molecule has 32 heavy (non-hydrogen) atoms. The molecule has 0 saturated heterocycles. The average molecular weight is 469 g/mol. The maximum Gasteiger partial charge on any atom is 0.282 e.